The summed E-state index contributed by atoms with van der Waals surface area (Å²) in [5.41, 5.74) is -1.22. The van der Waals surface area contributed by atoms with Crippen LogP contribution in [-0.2, 0) is 6.18 Å². The Hall–Kier alpha value is -2.36. The number of anilines is 3. The Labute approximate surface area is 152 Å². The first-order chi connectivity index (χ1) is 12.3. The van der Waals surface area contributed by atoms with Crippen LogP contribution in [0.1, 0.15) is 25.3 Å². The van der Waals surface area contributed by atoms with Gasteiger partial charge in [0.2, 0.25) is 10.3 Å². The van der Waals surface area contributed by atoms with E-state index in [4.69, 9.17) is 0 Å². The van der Waals surface area contributed by atoms with Crippen molar-refractivity contribution in [1.82, 2.24) is 10.2 Å². The molecule has 2 heterocycles. The molecule has 0 radical (unpaired) electrons. The number of halogens is 3. The fourth-order valence-corrected chi connectivity index (χ4v) is 3.62. The molecule has 1 atom stereocenters. The Bertz CT molecular complexity index is 779. The summed E-state index contributed by atoms with van der Waals surface area (Å²) in [6.45, 7) is 3.92. The summed E-state index contributed by atoms with van der Waals surface area (Å²) in [7, 11) is 0. The number of rotatable bonds is 3. The van der Waals surface area contributed by atoms with Gasteiger partial charge in [0.25, 0.3) is 0 Å². The van der Waals surface area contributed by atoms with Gasteiger partial charge in [-0.3, -0.25) is 5.32 Å². The van der Waals surface area contributed by atoms with Gasteiger partial charge in [0.1, 0.15) is 0 Å². The van der Waals surface area contributed by atoms with Gasteiger partial charge in [0.15, 0.2) is 0 Å². The topological polar surface area (TPSA) is 70.2 Å². The zero-order chi connectivity index (χ0) is 18.7. The number of carbonyl (C=O) groups excluding carboxylic acids is 1. The predicted molar refractivity (Wildman–Crippen MR) is 94.6 cm³/mol. The maximum Gasteiger partial charge on any atom is 0.418 e. The second-order valence-electron chi connectivity index (χ2n) is 6.21. The minimum absolute atomic E-state index is 0.236. The maximum absolute atomic E-state index is 13.0. The molecule has 3 rings (SSSR count). The van der Waals surface area contributed by atoms with Gasteiger partial charge in [-0.25, -0.2) is 4.79 Å². The first-order valence-electron chi connectivity index (χ1n) is 8.15. The van der Waals surface area contributed by atoms with Crippen LogP contribution in [0.5, 0.6) is 0 Å². The van der Waals surface area contributed by atoms with Gasteiger partial charge in [0, 0.05) is 13.1 Å². The number of amides is 2. The molecular formula is C16H18F3N5OS. The number of hydrogen-bond donors (Lipinski definition) is 2. The van der Waals surface area contributed by atoms with Crippen LogP contribution >= 0.6 is 11.3 Å². The van der Waals surface area contributed by atoms with E-state index in [1.807, 2.05) is 0 Å². The smallest absolute Gasteiger partial charge is 0.346 e. The van der Waals surface area contributed by atoms with Gasteiger partial charge in [0.05, 0.1) is 11.3 Å². The summed E-state index contributed by atoms with van der Waals surface area (Å²) < 4.78 is 38.9. The van der Waals surface area contributed by atoms with Crippen LogP contribution in [0.2, 0.25) is 0 Å². The van der Waals surface area contributed by atoms with Crippen LogP contribution in [0.15, 0.2) is 24.3 Å². The van der Waals surface area contributed by atoms with Crippen molar-refractivity contribution in [2.24, 2.45) is 5.92 Å². The lowest BCUT2D eigenvalue weighted by atomic mass is 10.0. The second kappa shape index (κ2) is 7.48. The van der Waals surface area contributed by atoms with E-state index in [-0.39, 0.29) is 10.8 Å². The Morgan fingerprint density at radius 3 is 2.77 bits per heavy atom. The Kier molecular flexibility index (Phi) is 5.30. The van der Waals surface area contributed by atoms with Crippen LogP contribution in [0.3, 0.4) is 0 Å². The third-order valence-corrected chi connectivity index (χ3v) is 4.94. The lowest BCUT2D eigenvalue weighted by molar-refractivity contribution is -0.136. The SMILES string of the molecule is C[C@@H]1CCCN(c2nnc(NC(=O)Nc3ccccc3C(F)(F)F)s2)C1. The molecule has 2 amide bonds. The van der Waals surface area contributed by atoms with Crippen molar-refractivity contribution in [3.05, 3.63) is 29.8 Å². The molecule has 140 valence electrons. The van der Waals surface area contributed by atoms with Crippen LogP contribution in [0.4, 0.5) is 33.9 Å². The van der Waals surface area contributed by atoms with Crippen molar-refractivity contribution < 1.29 is 18.0 Å². The Morgan fingerprint density at radius 1 is 1.27 bits per heavy atom. The highest BCUT2D eigenvalue weighted by Crippen LogP contribution is 2.34. The minimum atomic E-state index is -4.55. The molecule has 2 aromatic rings. The van der Waals surface area contributed by atoms with E-state index >= 15 is 0 Å². The quantitative estimate of drug-likeness (QED) is 0.820. The zero-order valence-electron chi connectivity index (χ0n) is 14.0. The fraction of sp³-hybridized carbons (Fsp3) is 0.438. The highest BCUT2D eigenvalue weighted by Gasteiger charge is 2.33. The molecule has 1 aliphatic rings. The van der Waals surface area contributed by atoms with E-state index in [1.165, 1.54) is 36.0 Å². The summed E-state index contributed by atoms with van der Waals surface area (Å²) in [6.07, 6.45) is -2.32. The molecule has 1 aromatic carbocycles. The Morgan fingerprint density at radius 2 is 2.04 bits per heavy atom. The lowest BCUT2D eigenvalue weighted by Crippen LogP contribution is -2.34. The molecule has 1 aliphatic heterocycles. The van der Waals surface area contributed by atoms with E-state index in [9.17, 15) is 18.0 Å². The molecule has 0 aliphatic carbocycles. The number of piperidine rings is 1. The summed E-state index contributed by atoms with van der Waals surface area (Å²) in [5, 5.41) is 13.6. The number of para-hydroxylation sites is 1. The summed E-state index contributed by atoms with van der Waals surface area (Å²) in [6, 6.07) is 4.00. The number of hydrogen-bond acceptors (Lipinski definition) is 5. The molecule has 1 fully saturated rings. The molecule has 2 N–H and O–H groups in total. The molecule has 0 spiro atoms. The molecule has 1 aromatic heterocycles. The summed E-state index contributed by atoms with van der Waals surface area (Å²) in [4.78, 5) is 14.1. The molecule has 0 unspecified atom stereocenters. The van der Waals surface area contributed by atoms with Gasteiger partial charge in [-0.2, -0.15) is 13.2 Å². The monoisotopic (exact) mass is 385 g/mol. The molecular weight excluding hydrogens is 367 g/mol. The molecule has 6 nitrogen and oxygen atoms in total. The lowest BCUT2D eigenvalue weighted by Gasteiger charge is -2.29. The number of carbonyl (C=O) groups is 1. The molecule has 26 heavy (non-hydrogen) atoms. The largest absolute Gasteiger partial charge is 0.418 e. The van der Waals surface area contributed by atoms with Gasteiger partial charge in [-0.1, -0.05) is 30.4 Å². The van der Waals surface area contributed by atoms with Crippen LogP contribution in [-0.4, -0.2) is 29.3 Å². The fourth-order valence-electron chi connectivity index (χ4n) is 2.85. The van der Waals surface area contributed by atoms with Crippen LogP contribution < -0.4 is 15.5 Å². The van der Waals surface area contributed by atoms with Crippen molar-refractivity contribution in [3.8, 4) is 0 Å². The molecule has 10 heteroatoms. The summed E-state index contributed by atoms with van der Waals surface area (Å²) >= 11 is 1.20. The average Bonchev–Trinajstić information content (AvgIpc) is 3.02. The second-order valence-corrected chi connectivity index (χ2v) is 7.16. The number of benzene rings is 1. The van der Waals surface area contributed by atoms with E-state index in [1.54, 1.807) is 0 Å². The molecule has 1 saturated heterocycles. The van der Waals surface area contributed by atoms with E-state index in [0.29, 0.717) is 11.0 Å². The van der Waals surface area contributed by atoms with Gasteiger partial charge in [-0.05, 0) is 30.9 Å². The standard InChI is InChI=1S/C16H18F3N5OS/c1-10-5-4-8-24(9-10)15-23-22-14(26-15)21-13(25)20-12-7-3-2-6-11(12)16(17,18)19/h2-3,6-7,10H,4-5,8-9H2,1H3,(H2,20,21,22,25)/t10-/m1/s1. The molecule has 0 saturated carbocycles. The van der Waals surface area contributed by atoms with Crippen molar-refractivity contribution in [2.75, 3.05) is 28.6 Å². The first kappa shape index (κ1) is 18.4. The highest BCUT2D eigenvalue weighted by atomic mass is 32.1. The van der Waals surface area contributed by atoms with Crippen molar-refractivity contribution in [2.45, 2.75) is 25.9 Å². The third-order valence-electron chi connectivity index (χ3n) is 4.04. The van der Waals surface area contributed by atoms with Gasteiger partial charge >= 0.3 is 12.2 Å². The van der Waals surface area contributed by atoms with Gasteiger partial charge in [-0.15, -0.1) is 10.2 Å². The van der Waals surface area contributed by atoms with Crippen molar-refractivity contribution >= 4 is 33.3 Å². The number of alkyl halides is 3. The Balaban J connectivity index is 1.65. The maximum atomic E-state index is 13.0. The predicted octanol–water partition coefficient (Wildman–Crippen LogP) is 4.44. The number of nitrogens with zero attached hydrogens (tertiary/aromatic N) is 3. The van der Waals surface area contributed by atoms with Crippen LogP contribution in [0, 0.1) is 5.92 Å². The average molecular weight is 385 g/mol. The third kappa shape index (κ3) is 4.43. The van der Waals surface area contributed by atoms with Crippen LogP contribution in [0.25, 0.3) is 0 Å². The minimum Gasteiger partial charge on any atom is -0.346 e. The molecule has 0 bridgehead atoms. The normalized spacial score (nSPS) is 17.8. The summed E-state index contributed by atoms with van der Waals surface area (Å²) in [5.74, 6) is 0.561. The highest BCUT2D eigenvalue weighted by molar-refractivity contribution is 7.19. The van der Waals surface area contributed by atoms with Crippen molar-refractivity contribution in [3.63, 3.8) is 0 Å². The van der Waals surface area contributed by atoms with E-state index in [2.05, 4.69) is 32.7 Å². The number of nitrogens with one attached hydrogen (secondary N) is 2. The van der Waals surface area contributed by atoms with E-state index < -0.39 is 17.8 Å². The zero-order valence-corrected chi connectivity index (χ0v) is 14.8. The number of urea groups is 1. The van der Waals surface area contributed by atoms with Crippen molar-refractivity contribution in [1.29, 1.82) is 0 Å². The van der Waals surface area contributed by atoms with E-state index in [0.717, 1.165) is 25.6 Å². The number of aromatic nitrogens is 2. The first-order valence-corrected chi connectivity index (χ1v) is 8.97. The van der Waals surface area contributed by atoms with Gasteiger partial charge < -0.3 is 10.2 Å².